The lowest BCUT2D eigenvalue weighted by atomic mass is 10.1. The van der Waals surface area contributed by atoms with E-state index in [1.54, 1.807) is 0 Å². The zero-order valence-corrected chi connectivity index (χ0v) is 14.4. The lowest BCUT2D eigenvalue weighted by molar-refractivity contribution is 0.113. The first-order valence-electron chi connectivity index (χ1n) is 8.64. The van der Waals surface area contributed by atoms with E-state index in [0.29, 0.717) is 6.54 Å². The molecule has 1 aliphatic heterocycles. The predicted molar refractivity (Wildman–Crippen MR) is 102 cm³/mol. The molecule has 5 heteroatoms. The third-order valence-corrected chi connectivity index (χ3v) is 4.76. The molecule has 3 aromatic rings. The molecule has 0 aliphatic carbocycles. The Bertz CT molecular complexity index is 861. The Labute approximate surface area is 147 Å². The summed E-state index contributed by atoms with van der Waals surface area (Å²) in [5.41, 5.74) is 3.42. The summed E-state index contributed by atoms with van der Waals surface area (Å²) in [4.78, 5) is 7.66. The number of aliphatic hydroxyl groups is 1. The third kappa shape index (κ3) is 3.15. The maximum absolute atomic E-state index is 10.5. The van der Waals surface area contributed by atoms with Crippen molar-refractivity contribution in [2.24, 2.45) is 0 Å². The van der Waals surface area contributed by atoms with Crippen LogP contribution in [-0.2, 0) is 0 Å². The van der Waals surface area contributed by atoms with Gasteiger partial charge in [0.1, 0.15) is 18.5 Å². The van der Waals surface area contributed by atoms with Crippen LogP contribution in [-0.4, -0.2) is 49.5 Å². The van der Waals surface area contributed by atoms with Gasteiger partial charge in [-0.05, 0) is 30.3 Å². The van der Waals surface area contributed by atoms with Crippen molar-refractivity contribution >= 4 is 22.3 Å². The van der Waals surface area contributed by atoms with Crippen LogP contribution in [0.3, 0.4) is 0 Å². The number of rotatable bonds is 5. The van der Waals surface area contributed by atoms with Crippen LogP contribution < -0.4 is 14.5 Å². The molecule has 4 rings (SSSR count). The number of aromatic nitrogens is 1. The Morgan fingerprint density at radius 3 is 2.80 bits per heavy atom. The van der Waals surface area contributed by atoms with Gasteiger partial charge in [-0.2, -0.15) is 0 Å². The van der Waals surface area contributed by atoms with E-state index in [9.17, 15) is 5.11 Å². The molecule has 1 atom stereocenters. The van der Waals surface area contributed by atoms with Gasteiger partial charge >= 0.3 is 0 Å². The topological polar surface area (TPSA) is 51.7 Å². The molecule has 0 amide bonds. The smallest absolute Gasteiger partial charge is 0.128 e. The minimum Gasteiger partial charge on any atom is -0.490 e. The molecule has 1 aliphatic rings. The van der Waals surface area contributed by atoms with Crippen molar-refractivity contribution in [1.29, 1.82) is 0 Å². The summed E-state index contributed by atoms with van der Waals surface area (Å²) in [6, 6.07) is 16.2. The van der Waals surface area contributed by atoms with Crippen LogP contribution >= 0.6 is 0 Å². The minimum atomic E-state index is -0.550. The Kier molecular flexibility index (Phi) is 4.24. The van der Waals surface area contributed by atoms with Gasteiger partial charge in [-0.1, -0.05) is 18.2 Å². The molecule has 0 saturated heterocycles. The number of β-amino-alcohol motifs (C(OH)–C–C–N with tert-alkyl or cyclic N) is 1. The van der Waals surface area contributed by atoms with E-state index in [1.165, 1.54) is 11.4 Å². The number of nitrogens with zero attached hydrogens (tertiary/aromatic N) is 2. The number of fused-ring (bicyclic) bond motifs is 2. The zero-order valence-electron chi connectivity index (χ0n) is 14.4. The number of aliphatic hydroxyl groups excluding tert-OH is 1. The Morgan fingerprint density at radius 1 is 1.08 bits per heavy atom. The van der Waals surface area contributed by atoms with Crippen molar-refractivity contribution in [2.75, 3.05) is 43.1 Å². The number of ether oxygens (including phenoxy) is 1. The summed E-state index contributed by atoms with van der Waals surface area (Å²) in [6.45, 7) is 2.69. The first-order chi connectivity index (χ1) is 12.2. The molecule has 0 saturated carbocycles. The first kappa shape index (κ1) is 15.8. The van der Waals surface area contributed by atoms with Crippen LogP contribution in [0.5, 0.6) is 5.75 Å². The van der Waals surface area contributed by atoms with Crippen LogP contribution in [0, 0.1) is 0 Å². The number of hydrogen-bond acceptors (Lipinski definition) is 4. The van der Waals surface area contributed by atoms with E-state index < -0.39 is 6.10 Å². The first-order valence-corrected chi connectivity index (χ1v) is 8.64. The lowest BCUT2D eigenvalue weighted by Gasteiger charge is -2.37. The summed E-state index contributed by atoms with van der Waals surface area (Å²) in [5, 5.41) is 11.5. The van der Waals surface area contributed by atoms with Crippen molar-refractivity contribution in [3.8, 4) is 5.75 Å². The molecule has 25 heavy (non-hydrogen) atoms. The molecule has 2 N–H and O–H groups in total. The molecular weight excluding hydrogens is 314 g/mol. The number of aromatic amines is 1. The van der Waals surface area contributed by atoms with E-state index in [2.05, 4.69) is 40.0 Å². The van der Waals surface area contributed by atoms with Gasteiger partial charge in [0.05, 0.1) is 11.4 Å². The van der Waals surface area contributed by atoms with Crippen LogP contribution in [0.1, 0.15) is 0 Å². The number of anilines is 2. The van der Waals surface area contributed by atoms with Crippen molar-refractivity contribution in [3.63, 3.8) is 0 Å². The SMILES string of the molecule is CN1CCN(C[C@H](O)COc2cccc3[nH]ccc23)c2ccccc21. The fraction of sp³-hybridized carbons (Fsp3) is 0.300. The maximum atomic E-state index is 10.5. The Hall–Kier alpha value is -2.66. The summed E-state index contributed by atoms with van der Waals surface area (Å²) in [6.07, 6.45) is 1.35. The lowest BCUT2D eigenvalue weighted by Crippen LogP contribution is -2.44. The normalized spacial score (nSPS) is 15.3. The highest BCUT2D eigenvalue weighted by Gasteiger charge is 2.22. The van der Waals surface area contributed by atoms with Crippen molar-refractivity contribution in [1.82, 2.24) is 4.98 Å². The quantitative estimate of drug-likeness (QED) is 0.752. The molecule has 2 heterocycles. The van der Waals surface area contributed by atoms with Gasteiger partial charge in [0.25, 0.3) is 0 Å². The van der Waals surface area contributed by atoms with Gasteiger partial charge in [-0.15, -0.1) is 0 Å². The number of para-hydroxylation sites is 2. The van der Waals surface area contributed by atoms with Gasteiger partial charge in [-0.3, -0.25) is 0 Å². The maximum Gasteiger partial charge on any atom is 0.128 e. The van der Waals surface area contributed by atoms with Crippen LogP contribution in [0.4, 0.5) is 11.4 Å². The highest BCUT2D eigenvalue weighted by Crippen LogP contribution is 2.31. The van der Waals surface area contributed by atoms with Crippen molar-refractivity contribution in [3.05, 3.63) is 54.7 Å². The standard InChI is InChI=1S/C20H23N3O2/c1-22-11-12-23(19-7-3-2-6-18(19)22)13-15(24)14-25-20-8-4-5-17-16(20)9-10-21-17/h2-10,15,21,24H,11-14H2,1H3/t15-/m0/s1. The minimum absolute atomic E-state index is 0.277. The number of benzene rings is 2. The number of nitrogens with one attached hydrogen (secondary N) is 1. The molecule has 0 unspecified atom stereocenters. The largest absolute Gasteiger partial charge is 0.490 e. The summed E-state index contributed by atoms with van der Waals surface area (Å²) in [7, 11) is 2.10. The van der Waals surface area contributed by atoms with E-state index >= 15 is 0 Å². The molecule has 0 radical (unpaired) electrons. The monoisotopic (exact) mass is 337 g/mol. The van der Waals surface area contributed by atoms with Gasteiger partial charge in [-0.25, -0.2) is 0 Å². The number of H-pyrrole nitrogens is 1. The third-order valence-electron chi connectivity index (χ3n) is 4.76. The number of likely N-dealkylation sites (N-methyl/N-ethyl adjacent to an activating group) is 1. The summed E-state index contributed by atoms with van der Waals surface area (Å²) in [5.74, 6) is 0.802. The van der Waals surface area contributed by atoms with Crippen LogP contribution in [0.2, 0.25) is 0 Å². The van der Waals surface area contributed by atoms with Gasteiger partial charge < -0.3 is 24.6 Å². The fourth-order valence-electron chi connectivity index (χ4n) is 3.43. The predicted octanol–water partition coefficient (Wildman–Crippen LogP) is 2.86. The zero-order chi connectivity index (χ0) is 17.2. The van der Waals surface area contributed by atoms with Crippen LogP contribution in [0.15, 0.2) is 54.7 Å². The van der Waals surface area contributed by atoms with Crippen LogP contribution in [0.25, 0.3) is 10.9 Å². The molecular formula is C20H23N3O2. The molecule has 5 nitrogen and oxygen atoms in total. The molecule has 2 aromatic carbocycles. The van der Waals surface area contributed by atoms with E-state index in [0.717, 1.165) is 29.7 Å². The molecule has 130 valence electrons. The molecule has 0 fully saturated rings. The Balaban J connectivity index is 1.42. The fourth-order valence-corrected chi connectivity index (χ4v) is 3.43. The highest BCUT2D eigenvalue weighted by molar-refractivity contribution is 5.85. The van der Waals surface area contributed by atoms with Gasteiger partial charge in [0.2, 0.25) is 0 Å². The molecule has 0 bridgehead atoms. The van der Waals surface area contributed by atoms with E-state index in [1.807, 2.05) is 36.5 Å². The van der Waals surface area contributed by atoms with E-state index in [4.69, 9.17) is 4.74 Å². The van der Waals surface area contributed by atoms with Crippen molar-refractivity contribution < 1.29 is 9.84 Å². The average Bonchev–Trinajstić information content (AvgIpc) is 3.12. The number of hydrogen-bond donors (Lipinski definition) is 2. The van der Waals surface area contributed by atoms with Gasteiger partial charge in [0.15, 0.2) is 0 Å². The van der Waals surface area contributed by atoms with E-state index in [-0.39, 0.29) is 6.61 Å². The second kappa shape index (κ2) is 6.69. The van der Waals surface area contributed by atoms with Gasteiger partial charge in [0, 0.05) is 43.8 Å². The second-order valence-corrected chi connectivity index (χ2v) is 6.52. The van der Waals surface area contributed by atoms with Crippen molar-refractivity contribution in [2.45, 2.75) is 6.10 Å². The highest BCUT2D eigenvalue weighted by atomic mass is 16.5. The Morgan fingerprint density at radius 2 is 1.92 bits per heavy atom. The molecule has 1 aromatic heterocycles. The summed E-state index contributed by atoms with van der Waals surface area (Å²) >= 11 is 0. The average molecular weight is 337 g/mol. The molecule has 0 spiro atoms. The second-order valence-electron chi connectivity index (χ2n) is 6.52. The summed E-state index contributed by atoms with van der Waals surface area (Å²) < 4.78 is 5.88.